The van der Waals surface area contributed by atoms with E-state index >= 15 is 0 Å². The van der Waals surface area contributed by atoms with Crippen molar-refractivity contribution in [3.05, 3.63) is 78.4 Å². The summed E-state index contributed by atoms with van der Waals surface area (Å²) in [6.07, 6.45) is -1.30. The van der Waals surface area contributed by atoms with E-state index in [9.17, 15) is 9.90 Å². The van der Waals surface area contributed by atoms with Crippen molar-refractivity contribution < 1.29 is 14.6 Å². The average molecular weight is 335 g/mol. The molecule has 0 heterocycles. The third-order valence-corrected chi connectivity index (χ3v) is 4.07. The molecule has 25 heavy (non-hydrogen) atoms. The minimum absolute atomic E-state index is 0.230. The van der Waals surface area contributed by atoms with Crippen LogP contribution in [0, 0.1) is 0 Å². The number of fused-ring (bicyclic) bond motifs is 1. The third kappa shape index (κ3) is 3.98. The number of carbonyl (C=O) groups is 1. The summed E-state index contributed by atoms with van der Waals surface area (Å²) in [6.45, 7) is 1.95. The number of aliphatic hydroxyl groups is 1. The largest absolute Gasteiger partial charge is 0.464 e. The maximum atomic E-state index is 12.0. The van der Waals surface area contributed by atoms with Gasteiger partial charge in [-0.15, -0.1) is 0 Å². The van der Waals surface area contributed by atoms with Crippen molar-refractivity contribution in [1.82, 2.24) is 0 Å². The standard InChI is InChI=1S/C21H21NO3/c1-2-25-21(24)20(23)19(16-9-4-3-5-10-16)22-18-13-12-15-8-6-7-11-17(15)14-18/h3-14,19-20,22-23H,2H2,1H3/t19-,20-/m1/s1. The van der Waals surface area contributed by atoms with Gasteiger partial charge in [0.25, 0.3) is 0 Å². The molecular formula is C21H21NO3. The van der Waals surface area contributed by atoms with Crippen LogP contribution in [0.25, 0.3) is 10.8 Å². The molecule has 0 aliphatic carbocycles. The van der Waals surface area contributed by atoms with Crippen LogP contribution in [-0.4, -0.2) is 23.8 Å². The zero-order valence-electron chi connectivity index (χ0n) is 14.1. The molecule has 0 fully saturated rings. The van der Waals surface area contributed by atoms with Crippen LogP contribution in [-0.2, 0) is 9.53 Å². The summed E-state index contributed by atoms with van der Waals surface area (Å²) in [7, 11) is 0. The van der Waals surface area contributed by atoms with Crippen LogP contribution >= 0.6 is 0 Å². The fourth-order valence-electron chi connectivity index (χ4n) is 2.83. The second kappa shape index (κ2) is 7.81. The zero-order chi connectivity index (χ0) is 17.6. The van der Waals surface area contributed by atoms with Crippen LogP contribution in [0.4, 0.5) is 5.69 Å². The van der Waals surface area contributed by atoms with E-state index < -0.39 is 18.1 Å². The Bertz CT molecular complexity index is 848. The van der Waals surface area contributed by atoms with Gasteiger partial charge in [-0.3, -0.25) is 0 Å². The summed E-state index contributed by atoms with van der Waals surface area (Å²) in [6, 6.07) is 22.8. The lowest BCUT2D eigenvalue weighted by Crippen LogP contribution is -2.34. The Morgan fingerprint density at radius 2 is 1.68 bits per heavy atom. The molecular weight excluding hydrogens is 314 g/mol. The fraction of sp³-hybridized carbons (Fsp3) is 0.190. The molecule has 0 saturated carbocycles. The van der Waals surface area contributed by atoms with Crippen molar-refractivity contribution in [2.75, 3.05) is 11.9 Å². The molecule has 0 bridgehead atoms. The highest BCUT2D eigenvalue weighted by Gasteiger charge is 2.28. The Balaban J connectivity index is 1.91. The summed E-state index contributed by atoms with van der Waals surface area (Å²) in [5.41, 5.74) is 1.65. The van der Waals surface area contributed by atoms with Crippen LogP contribution in [0.3, 0.4) is 0 Å². The van der Waals surface area contributed by atoms with E-state index in [1.165, 1.54) is 0 Å². The molecule has 128 valence electrons. The van der Waals surface area contributed by atoms with Crippen LogP contribution in [0.5, 0.6) is 0 Å². The van der Waals surface area contributed by atoms with Crippen molar-refractivity contribution in [2.24, 2.45) is 0 Å². The van der Waals surface area contributed by atoms with Gasteiger partial charge >= 0.3 is 5.97 Å². The summed E-state index contributed by atoms with van der Waals surface area (Å²) in [4.78, 5) is 12.0. The van der Waals surface area contributed by atoms with Crippen LogP contribution < -0.4 is 5.32 Å². The van der Waals surface area contributed by atoms with E-state index in [4.69, 9.17) is 4.74 Å². The minimum Gasteiger partial charge on any atom is -0.464 e. The summed E-state index contributed by atoms with van der Waals surface area (Å²) < 4.78 is 4.99. The number of hydrogen-bond acceptors (Lipinski definition) is 4. The van der Waals surface area contributed by atoms with E-state index in [1.54, 1.807) is 6.92 Å². The Kier molecular flexibility index (Phi) is 5.31. The maximum Gasteiger partial charge on any atom is 0.337 e. The predicted octanol–water partition coefficient (Wildman–Crippen LogP) is 3.92. The molecule has 3 aromatic rings. The van der Waals surface area contributed by atoms with Gasteiger partial charge in [-0.2, -0.15) is 0 Å². The van der Waals surface area contributed by atoms with Gasteiger partial charge in [0, 0.05) is 5.69 Å². The Morgan fingerprint density at radius 3 is 2.40 bits per heavy atom. The van der Waals surface area contributed by atoms with Crippen molar-refractivity contribution in [2.45, 2.75) is 19.1 Å². The molecule has 0 spiro atoms. The van der Waals surface area contributed by atoms with Gasteiger partial charge in [0.05, 0.1) is 12.6 Å². The van der Waals surface area contributed by atoms with E-state index in [-0.39, 0.29) is 6.61 Å². The first-order valence-electron chi connectivity index (χ1n) is 8.34. The highest BCUT2D eigenvalue weighted by Crippen LogP contribution is 2.26. The first-order chi connectivity index (χ1) is 12.2. The van der Waals surface area contributed by atoms with Gasteiger partial charge in [0.15, 0.2) is 6.10 Å². The van der Waals surface area contributed by atoms with Gasteiger partial charge in [0.1, 0.15) is 0 Å². The van der Waals surface area contributed by atoms with Crippen LogP contribution in [0.2, 0.25) is 0 Å². The number of esters is 1. The SMILES string of the molecule is CCOC(=O)[C@H](O)[C@H](Nc1ccc2ccccc2c1)c1ccccc1. The summed E-state index contributed by atoms with van der Waals surface area (Å²) in [5, 5.41) is 16.0. The highest BCUT2D eigenvalue weighted by molar-refractivity contribution is 5.86. The van der Waals surface area contributed by atoms with Crippen LogP contribution in [0.1, 0.15) is 18.5 Å². The monoisotopic (exact) mass is 335 g/mol. The van der Waals surface area contributed by atoms with Gasteiger partial charge in [-0.25, -0.2) is 4.79 Å². The molecule has 2 N–H and O–H groups in total. The molecule has 0 aliphatic heterocycles. The molecule has 2 atom stereocenters. The fourth-order valence-corrected chi connectivity index (χ4v) is 2.83. The number of benzene rings is 3. The number of aliphatic hydroxyl groups excluding tert-OH is 1. The van der Waals surface area contributed by atoms with E-state index in [1.807, 2.05) is 72.8 Å². The van der Waals surface area contributed by atoms with E-state index in [0.717, 1.165) is 22.0 Å². The number of rotatable bonds is 6. The van der Waals surface area contributed by atoms with Crippen molar-refractivity contribution in [3.63, 3.8) is 0 Å². The molecule has 0 aromatic heterocycles. The molecule has 4 nitrogen and oxygen atoms in total. The summed E-state index contributed by atoms with van der Waals surface area (Å²) in [5.74, 6) is -0.635. The number of anilines is 1. The average Bonchev–Trinajstić information content (AvgIpc) is 2.66. The van der Waals surface area contributed by atoms with Crippen molar-refractivity contribution in [1.29, 1.82) is 0 Å². The Morgan fingerprint density at radius 1 is 1.00 bits per heavy atom. The normalized spacial score (nSPS) is 13.2. The van der Waals surface area contributed by atoms with E-state index in [2.05, 4.69) is 5.32 Å². The molecule has 3 aromatic carbocycles. The van der Waals surface area contributed by atoms with Crippen molar-refractivity contribution in [3.8, 4) is 0 Å². The van der Waals surface area contributed by atoms with Crippen molar-refractivity contribution >= 4 is 22.4 Å². The lowest BCUT2D eigenvalue weighted by atomic mass is 10.0. The second-order valence-corrected chi connectivity index (χ2v) is 5.79. The molecule has 0 saturated heterocycles. The first-order valence-corrected chi connectivity index (χ1v) is 8.34. The molecule has 4 heteroatoms. The number of nitrogens with one attached hydrogen (secondary N) is 1. The van der Waals surface area contributed by atoms with Crippen LogP contribution in [0.15, 0.2) is 72.8 Å². The summed E-state index contributed by atoms with van der Waals surface area (Å²) >= 11 is 0. The van der Waals surface area contributed by atoms with Gasteiger partial charge in [-0.05, 0) is 35.4 Å². The quantitative estimate of drug-likeness (QED) is 0.671. The molecule has 0 radical (unpaired) electrons. The number of carbonyl (C=O) groups excluding carboxylic acids is 1. The molecule has 0 amide bonds. The molecule has 0 unspecified atom stereocenters. The van der Waals surface area contributed by atoms with Gasteiger partial charge < -0.3 is 15.2 Å². The predicted molar refractivity (Wildman–Crippen MR) is 99.4 cm³/mol. The highest BCUT2D eigenvalue weighted by atomic mass is 16.5. The molecule has 0 aliphatic rings. The smallest absolute Gasteiger partial charge is 0.337 e. The molecule has 3 rings (SSSR count). The lowest BCUT2D eigenvalue weighted by molar-refractivity contribution is -0.153. The first kappa shape index (κ1) is 17.0. The Hall–Kier alpha value is -2.85. The zero-order valence-corrected chi connectivity index (χ0v) is 14.1. The second-order valence-electron chi connectivity index (χ2n) is 5.79. The van der Waals surface area contributed by atoms with Gasteiger partial charge in [0.2, 0.25) is 0 Å². The number of hydrogen-bond donors (Lipinski definition) is 2. The number of ether oxygens (including phenoxy) is 1. The maximum absolute atomic E-state index is 12.0. The lowest BCUT2D eigenvalue weighted by Gasteiger charge is -2.24. The third-order valence-electron chi connectivity index (χ3n) is 4.07. The topological polar surface area (TPSA) is 58.6 Å². The minimum atomic E-state index is -1.30. The van der Waals surface area contributed by atoms with Gasteiger partial charge in [-0.1, -0.05) is 60.7 Å². The Labute approximate surface area is 147 Å². The van der Waals surface area contributed by atoms with E-state index in [0.29, 0.717) is 0 Å².